The van der Waals surface area contributed by atoms with E-state index in [0.29, 0.717) is 5.41 Å². The number of benzene rings is 1. The Morgan fingerprint density at radius 1 is 1.13 bits per heavy atom. The zero-order chi connectivity index (χ0) is 15.7. The van der Waals surface area contributed by atoms with Gasteiger partial charge in [-0.2, -0.15) is 5.10 Å². The molecule has 0 saturated carbocycles. The number of hydrogen-bond acceptors (Lipinski definition) is 3. The summed E-state index contributed by atoms with van der Waals surface area (Å²) in [5.74, 6) is 0.151. The van der Waals surface area contributed by atoms with E-state index in [2.05, 4.69) is 10.4 Å². The van der Waals surface area contributed by atoms with E-state index in [0.717, 1.165) is 50.3 Å². The smallest absolute Gasteiger partial charge is 0.253 e. The first kappa shape index (κ1) is 14.5. The molecule has 0 unspecified atom stereocenters. The van der Waals surface area contributed by atoms with Crippen molar-refractivity contribution in [1.29, 1.82) is 0 Å². The van der Waals surface area contributed by atoms with Gasteiger partial charge < -0.3 is 10.2 Å². The van der Waals surface area contributed by atoms with Gasteiger partial charge in [-0.1, -0.05) is 0 Å². The number of hydrogen-bond donors (Lipinski definition) is 1. The Labute approximate surface area is 136 Å². The van der Waals surface area contributed by atoms with Crippen LogP contribution in [0.5, 0.6) is 0 Å². The fraction of sp³-hybridized carbons (Fsp3) is 0.444. The van der Waals surface area contributed by atoms with Crippen molar-refractivity contribution in [1.82, 2.24) is 20.0 Å². The molecule has 0 radical (unpaired) electrons. The molecule has 1 amide bonds. The average Bonchev–Trinajstić information content (AvgIpc) is 3.28. The van der Waals surface area contributed by atoms with E-state index >= 15 is 0 Å². The Kier molecular flexibility index (Phi) is 3.65. The minimum absolute atomic E-state index is 0.151. The van der Waals surface area contributed by atoms with Crippen LogP contribution in [-0.4, -0.2) is 46.8 Å². The number of aromatic nitrogens is 2. The van der Waals surface area contributed by atoms with E-state index in [4.69, 9.17) is 0 Å². The molecule has 1 aromatic heterocycles. The molecule has 120 valence electrons. The number of nitrogens with zero attached hydrogens (tertiary/aromatic N) is 3. The average molecular weight is 310 g/mol. The van der Waals surface area contributed by atoms with Crippen molar-refractivity contribution >= 4 is 5.91 Å². The lowest BCUT2D eigenvalue weighted by Crippen LogP contribution is -2.44. The molecule has 23 heavy (non-hydrogen) atoms. The molecule has 0 bridgehead atoms. The van der Waals surface area contributed by atoms with Gasteiger partial charge in [0.2, 0.25) is 0 Å². The molecular weight excluding hydrogens is 288 g/mol. The van der Waals surface area contributed by atoms with Crippen LogP contribution in [0.2, 0.25) is 0 Å². The molecule has 2 aliphatic heterocycles. The second-order valence-corrected chi connectivity index (χ2v) is 6.72. The molecule has 0 atom stereocenters. The topological polar surface area (TPSA) is 50.2 Å². The lowest BCUT2D eigenvalue weighted by molar-refractivity contribution is 0.0607. The fourth-order valence-electron chi connectivity index (χ4n) is 3.77. The van der Waals surface area contributed by atoms with Gasteiger partial charge in [0.25, 0.3) is 5.91 Å². The predicted octanol–water partition coefficient (Wildman–Crippen LogP) is 2.09. The SMILES string of the molecule is O=C(c1ccc(-n2cccn2)cc1)N1CCC2(CCNC2)CC1. The van der Waals surface area contributed by atoms with Crippen LogP contribution in [0.4, 0.5) is 0 Å². The number of rotatable bonds is 2. The number of nitrogens with one attached hydrogen (secondary N) is 1. The van der Waals surface area contributed by atoms with E-state index in [9.17, 15) is 4.79 Å². The van der Waals surface area contributed by atoms with Crippen LogP contribution in [0.15, 0.2) is 42.7 Å². The molecule has 5 nitrogen and oxygen atoms in total. The molecule has 1 aromatic carbocycles. The summed E-state index contributed by atoms with van der Waals surface area (Å²) in [4.78, 5) is 14.7. The molecule has 2 aromatic rings. The first-order chi connectivity index (χ1) is 11.3. The number of piperidine rings is 1. The number of carbonyl (C=O) groups excluding carboxylic acids is 1. The van der Waals surface area contributed by atoms with Gasteiger partial charge in [0.1, 0.15) is 0 Å². The van der Waals surface area contributed by atoms with Crippen molar-refractivity contribution in [3.8, 4) is 5.69 Å². The molecule has 4 rings (SSSR count). The summed E-state index contributed by atoms with van der Waals surface area (Å²) in [5.41, 5.74) is 2.18. The summed E-state index contributed by atoms with van der Waals surface area (Å²) < 4.78 is 1.80. The zero-order valence-corrected chi connectivity index (χ0v) is 13.2. The second-order valence-electron chi connectivity index (χ2n) is 6.72. The minimum atomic E-state index is 0.151. The van der Waals surface area contributed by atoms with E-state index in [1.165, 1.54) is 6.42 Å². The standard InChI is InChI=1S/C18H22N4O/c23-17(21-12-7-18(8-13-21)6-10-19-14-18)15-2-4-16(5-3-15)22-11-1-9-20-22/h1-5,9,11,19H,6-8,10,12-14H2. The van der Waals surface area contributed by atoms with Crippen molar-refractivity contribution in [2.24, 2.45) is 5.41 Å². The summed E-state index contributed by atoms with van der Waals surface area (Å²) in [7, 11) is 0. The highest BCUT2D eigenvalue weighted by molar-refractivity contribution is 5.94. The fourth-order valence-corrected chi connectivity index (χ4v) is 3.77. The van der Waals surface area contributed by atoms with Crippen molar-refractivity contribution in [3.63, 3.8) is 0 Å². The Bertz CT molecular complexity index is 662. The first-order valence-corrected chi connectivity index (χ1v) is 8.36. The molecule has 3 heterocycles. The molecule has 0 aliphatic carbocycles. The van der Waals surface area contributed by atoms with Crippen molar-refractivity contribution in [2.45, 2.75) is 19.3 Å². The molecule has 2 aliphatic rings. The van der Waals surface area contributed by atoms with Crippen molar-refractivity contribution < 1.29 is 4.79 Å². The van der Waals surface area contributed by atoms with Gasteiger partial charge in [0.15, 0.2) is 0 Å². The first-order valence-electron chi connectivity index (χ1n) is 8.36. The molecule has 5 heteroatoms. The van der Waals surface area contributed by atoms with E-state index in [-0.39, 0.29) is 5.91 Å². The van der Waals surface area contributed by atoms with E-state index in [1.54, 1.807) is 10.9 Å². The summed E-state index contributed by atoms with van der Waals surface area (Å²) in [6, 6.07) is 9.60. The molecule has 2 fully saturated rings. The Morgan fingerprint density at radius 2 is 1.91 bits per heavy atom. The predicted molar refractivity (Wildman–Crippen MR) is 88.6 cm³/mol. The Balaban J connectivity index is 1.43. The highest BCUT2D eigenvalue weighted by Crippen LogP contribution is 2.37. The number of carbonyl (C=O) groups is 1. The van der Waals surface area contributed by atoms with Gasteiger partial charge in [-0.15, -0.1) is 0 Å². The van der Waals surface area contributed by atoms with Gasteiger partial charge in [0.05, 0.1) is 5.69 Å². The number of amides is 1. The second kappa shape index (κ2) is 5.81. The maximum absolute atomic E-state index is 12.7. The summed E-state index contributed by atoms with van der Waals surface area (Å²) in [6.45, 7) is 4.00. The summed E-state index contributed by atoms with van der Waals surface area (Å²) in [5, 5.41) is 7.67. The maximum Gasteiger partial charge on any atom is 0.253 e. The number of likely N-dealkylation sites (tertiary alicyclic amines) is 1. The molecule has 1 spiro atoms. The van der Waals surface area contributed by atoms with Gasteiger partial charge in [-0.05, 0) is 61.6 Å². The Hall–Kier alpha value is -2.14. The van der Waals surface area contributed by atoms with Crippen LogP contribution in [0.25, 0.3) is 5.69 Å². The quantitative estimate of drug-likeness (QED) is 0.924. The Morgan fingerprint density at radius 3 is 2.52 bits per heavy atom. The van der Waals surface area contributed by atoms with Crippen LogP contribution < -0.4 is 5.32 Å². The maximum atomic E-state index is 12.7. The lowest BCUT2D eigenvalue weighted by atomic mass is 9.78. The lowest BCUT2D eigenvalue weighted by Gasteiger charge is -2.38. The van der Waals surface area contributed by atoms with Crippen LogP contribution in [0.1, 0.15) is 29.6 Å². The van der Waals surface area contributed by atoms with Crippen molar-refractivity contribution in [3.05, 3.63) is 48.3 Å². The normalized spacial score (nSPS) is 20.1. The molecule has 2 saturated heterocycles. The van der Waals surface area contributed by atoms with Gasteiger partial charge in [0, 0.05) is 37.6 Å². The van der Waals surface area contributed by atoms with E-state index in [1.807, 2.05) is 41.4 Å². The van der Waals surface area contributed by atoms with Gasteiger partial charge in [-0.3, -0.25) is 4.79 Å². The van der Waals surface area contributed by atoms with Crippen molar-refractivity contribution in [2.75, 3.05) is 26.2 Å². The van der Waals surface area contributed by atoms with Gasteiger partial charge >= 0.3 is 0 Å². The molecule has 1 N–H and O–H groups in total. The highest BCUT2D eigenvalue weighted by Gasteiger charge is 2.38. The summed E-state index contributed by atoms with van der Waals surface area (Å²) >= 11 is 0. The molecular formula is C18H22N4O. The largest absolute Gasteiger partial charge is 0.339 e. The third-order valence-corrected chi connectivity index (χ3v) is 5.33. The van der Waals surface area contributed by atoms with E-state index < -0.39 is 0 Å². The van der Waals surface area contributed by atoms with Gasteiger partial charge in [-0.25, -0.2) is 4.68 Å². The van der Waals surface area contributed by atoms with Crippen LogP contribution in [0, 0.1) is 5.41 Å². The minimum Gasteiger partial charge on any atom is -0.339 e. The van der Waals surface area contributed by atoms with Crippen LogP contribution in [0.3, 0.4) is 0 Å². The highest BCUT2D eigenvalue weighted by atomic mass is 16.2. The summed E-state index contributed by atoms with van der Waals surface area (Å²) in [6.07, 6.45) is 7.15. The van der Waals surface area contributed by atoms with Crippen LogP contribution in [-0.2, 0) is 0 Å². The third kappa shape index (κ3) is 2.77. The van der Waals surface area contributed by atoms with Crippen LogP contribution >= 0.6 is 0 Å². The third-order valence-electron chi connectivity index (χ3n) is 5.33. The zero-order valence-electron chi connectivity index (χ0n) is 13.2. The monoisotopic (exact) mass is 310 g/mol.